The molecule has 8 heteroatoms. The molecule has 1 unspecified atom stereocenters. The zero-order chi connectivity index (χ0) is 20.1. The molecule has 29 heavy (non-hydrogen) atoms. The Bertz CT molecular complexity index is 939. The highest BCUT2D eigenvalue weighted by Crippen LogP contribution is 2.48. The second-order valence-corrected chi connectivity index (χ2v) is 8.97. The number of hydrogen-bond donors (Lipinski definition) is 2. The number of hydrogen-bond acceptors (Lipinski definition) is 6. The van der Waals surface area contributed by atoms with E-state index >= 15 is 0 Å². The van der Waals surface area contributed by atoms with Gasteiger partial charge >= 0.3 is 0 Å². The Balaban J connectivity index is 1.25. The highest BCUT2D eigenvalue weighted by atomic mass is 16.2. The summed E-state index contributed by atoms with van der Waals surface area (Å²) in [6.07, 6.45) is 9.73. The van der Waals surface area contributed by atoms with Gasteiger partial charge in [0.15, 0.2) is 5.82 Å². The van der Waals surface area contributed by atoms with Crippen molar-refractivity contribution in [3.8, 4) is 0 Å². The normalized spacial score (nSPS) is 27.8. The lowest BCUT2D eigenvalue weighted by molar-refractivity contribution is -0.117. The molecule has 0 saturated heterocycles. The van der Waals surface area contributed by atoms with Crippen LogP contribution >= 0.6 is 0 Å². The summed E-state index contributed by atoms with van der Waals surface area (Å²) in [5.41, 5.74) is 2.58. The number of rotatable bonds is 5. The molecule has 2 saturated carbocycles. The first-order valence-electron chi connectivity index (χ1n) is 10.7. The zero-order valence-corrected chi connectivity index (χ0v) is 17.4. The van der Waals surface area contributed by atoms with Gasteiger partial charge in [-0.05, 0) is 50.9 Å². The number of carbonyl (C=O) groups excluding carboxylic acids is 1. The van der Waals surface area contributed by atoms with Gasteiger partial charge in [0.05, 0.1) is 11.9 Å². The Morgan fingerprint density at radius 3 is 2.90 bits per heavy atom. The van der Waals surface area contributed by atoms with Crippen LogP contribution in [0.4, 0.5) is 17.5 Å². The molecule has 0 radical (unpaired) electrons. The van der Waals surface area contributed by atoms with Crippen LogP contribution in [-0.4, -0.2) is 38.7 Å². The third-order valence-electron chi connectivity index (χ3n) is 7.06. The minimum atomic E-state index is -0.256. The molecule has 1 amide bonds. The van der Waals surface area contributed by atoms with E-state index in [1.165, 1.54) is 25.7 Å². The largest absolute Gasteiger partial charge is 0.350 e. The predicted molar refractivity (Wildman–Crippen MR) is 112 cm³/mol. The van der Waals surface area contributed by atoms with Crippen LogP contribution in [0.25, 0.3) is 0 Å². The van der Waals surface area contributed by atoms with Crippen molar-refractivity contribution in [3.63, 3.8) is 0 Å². The van der Waals surface area contributed by atoms with E-state index in [2.05, 4.69) is 36.6 Å². The molecule has 2 aromatic rings. The Morgan fingerprint density at radius 1 is 1.28 bits per heavy atom. The number of amides is 1. The van der Waals surface area contributed by atoms with Crippen LogP contribution in [0.5, 0.6) is 0 Å². The summed E-state index contributed by atoms with van der Waals surface area (Å²) < 4.78 is 2.10. The minimum Gasteiger partial charge on any atom is -0.350 e. The number of nitrogens with zero attached hydrogens (tertiary/aromatic N) is 5. The van der Waals surface area contributed by atoms with Crippen molar-refractivity contribution in [2.75, 3.05) is 22.6 Å². The fraction of sp³-hybridized carbons (Fsp3) is 0.619. The summed E-state index contributed by atoms with van der Waals surface area (Å²) in [6, 6.07) is -0.256. The Kier molecular flexibility index (Phi) is 4.44. The predicted octanol–water partition coefficient (Wildman–Crippen LogP) is 2.81. The second-order valence-electron chi connectivity index (χ2n) is 8.97. The van der Waals surface area contributed by atoms with Crippen molar-refractivity contribution < 1.29 is 4.79 Å². The van der Waals surface area contributed by atoms with Crippen molar-refractivity contribution in [1.29, 1.82) is 0 Å². The molecule has 3 aliphatic rings. The molecule has 0 spiro atoms. The lowest BCUT2D eigenvalue weighted by atomic mass is 9.89. The molecular weight excluding hydrogens is 366 g/mol. The minimum absolute atomic E-state index is 0.0321. The van der Waals surface area contributed by atoms with Crippen LogP contribution in [0.1, 0.15) is 43.9 Å². The average Bonchev–Trinajstić information content (AvgIpc) is 3.43. The maximum absolute atomic E-state index is 12.0. The van der Waals surface area contributed by atoms with Crippen LogP contribution in [0, 0.1) is 24.7 Å². The topological polar surface area (TPSA) is 88.0 Å². The summed E-state index contributed by atoms with van der Waals surface area (Å²) >= 11 is 0. The number of anilines is 3. The van der Waals surface area contributed by atoms with E-state index in [9.17, 15) is 4.79 Å². The molecule has 5 rings (SSSR count). The molecule has 8 nitrogen and oxygen atoms in total. The third-order valence-corrected chi connectivity index (χ3v) is 7.06. The number of aryl methyl sites for hydroxylation is 1. The molecule has 154 valence electrons. The number of aromatic nitrogens is 4. The smallest absolute Gasteiger partial charge is 0.246 e. The first-order valence-corrected chi connectivity index (χ1v) is 10.7. The molecule has 4 atom stereocenters. The van der Waals surface area contributed by atoms with Crippen molar-refractivity contribution in [3.05, 3.63) is 23.7 Å². The molecule has 2 bridgehead atoms. The number of carbonyl (C=O) groups is 1. The lowest BCUT2D eigenvalue weighted by Gasteiger charge is -2.32. The van der Waals surface area contributed by atoms with Gasteiger partial charge in [0.1, 0.15) is 11.7 Å². The second kappa shape index (κ2) is 7.00. The maximum atomic E-state index is 12.0. The number of fused-ring (bicyclic) bond motifs is 3. The summed E-state index contributed by atoms with van der Waals surface area (Å²) in [5, 5.41) is 10.8. The number of likely N-dealkylation sites (N-methyl/N-ethyl adjacent to an activating group) is 1. The van der Waals surface area contributed by atoms with Crippen LogP contribution < -0.4 is 15.5 Å². The first-order chi connectivity index (χ1) is 14.0. The van der Waals surface area contributed by atoms with E-state index < -0.39 is 0 Å². The summed E-state index contributed by atoms with van der Waals surface area (Å²) in [6.45, 7) is 5.43. The van der Waals surface area contributed by atoms with Gasteiger partial charge in [0.2, 0.25) is 11.9 Å². The van der Waals surface area contributed by atoms with E-state index in [0.29, 0.717) is 18.2 Å². The van der Waals surface area contributed by atoms with Crippen LogP contribution in [0.3, 0.4) is 0 Å². The van der Waals surface area contributed by atoms with E-state index in [1.54, 1.807) is 0 Å². The summed E-state index contributed by atoms with van der Waals surface area (Å²) in [5.74, 6) is 3.97. The quantitative estimate of drug-likeness (QED) is 0.809. The van der Waals surface area contributed by atoms with Crippen LogP contribution in [0.15, 0.2) is 12.4 Å². The molecular formula is C21H29N7O. The van der Waals surface area contributed by atoms with E-state index in [4.69, 9.17) is 0 Å². The fourth-order valence-corrected chi connectivity index (χ4v) is 5.24. The van der Waals surface area contributed by atoms with Gasteiger partial charge in [-0.25, -0.2) is 4.98 Å². The molecule has 2 N–H and O–H groups in total. The Morgan fingerprint density at radius 2 is 2.14 bits per heavy atom. The van der Waals surface area contributed by atoms with Crippen molar-refractivity contribution >= 4 is 23.4 Å². The van der Waals surface area contributed by atoms with Crippen LogP contribution in [-0.2, 0) is 17.9 Å². The van der Waals surface area contributed by atoms with Crippen LogP contribution in [0.2, 0.25) is 0 Å². The molecule has 0 aromatic carbocycles. The molecule has 2 fully saturated rings. The van der Waals surface area contributed by atoms with E-state index in [0.717, 1.165) is 41.4 Å². The van der Waals surface area contributed by atoms with Gasteiger partial charge in [-0.3, -0.25) is 9.48 Å². The van der Waals surface area contributed by atoms with Gasteiger partial charge in [0.25, 0.3) is 0 Å². The molecule has 2 aliphatic carbocycles. The monoisotopic (exact) mass is 395 g/mol. The number of nitrogens with one attached hydrogen (secondary N) is 2. The maximum Gasteiger partial charge on any atom is 0.246 e. The standard InChI is InChI=1S/C21H29N7O/c1-12-18-19(27(3)13(2)20(29)25-18)26-21(24-12)22-8-15-9-23-28(10-15)11-17-7-14-4-5-16(17)6-14/h9-10,13-14,16-17H,4-8,11H2,1-3H3,(H,25,29)(H,22,24,26)/t13-,14?,16-,17-/m0/s1. The highest BCUT2D eigenvalue weighted by molar-refractivity contribution is 6.03. The van der Waals surface area contributed by atoms with Gasteiger partial charge in [-0.2, -0.15) is 10.1 Å². The van der Waals surface area contributed by atoms with Gasteiger partial charge in [0, 0.05) is 31.9 Å². The zero-order valence-electron chi connectivity index (χ0n) is 17.4. The molecule has 3 heterocycles. The van der Waals surface area contributed by atoms with Crippen molar-refractivity contribution in [2.24, 2.45) is 17.8 Å². The van der Waals surface area contributed by atoms with Gasteiger partial charge in [-0.1, -0.05) is 6.42 Å². The summed E-state index contributed by atoms with van der Waals surface area (Å²) in [4.78, 5) is 23.1. The average molecular weight is 396 g/mol. The van der Waals surface area contributed by atoms with Crippen molar-refractivity contribution in [1.82, 2.24) is 19.7 Å². The van der Waals surface area contributed by atoms with E-state index in [1.807, 2.05) is 32.0 Å². The molecule has 2 aromatic heterocycles. The first kappa shape index (κ1) is 18.4. The van der Waals surface area contributed by atoms with Gasteiger partial charge < -0.3 is 15.5 Å². The van der Waals surface area contributed by atoms with Gasteiger partial charge in [-0.15, -0.1) is 0 Å². The SMILES string of the molecule is Cc1nc(NCc2cnn(C[C@@H]3CC4CC[C@H]3C4)c2)nc2c1NC(=O)[C@H](C)N2C. The van der Waals surface area contributed by atoms with Crippen molar-refractivity contribution in [2.45, 2.75) is 58.7 Å². The highest BCUT2D eigenvalue weighted by Gasteiger charge is 2.39. The molecule has 1 aliphatic heterocycles. The summed E-state index contributed by atoms with van der Waals surface area (Å²) in [7, 11) is 1.89. The fourth-order valence-electron chi connectivity index (χ4n) is 5.24. The Labute approximate surface area is 171 Å². The lowest BCUT2D eigenvalue weighted by Crippen LogP contribution is -2.44. The van der Waals surface area contributed by atoms with E-state index in [-0.39, 0.29) is 11.9 Å². The Hall–Kier alpha value is -2.64. The third kappa shape index (κ3) is 3.34.